The van der Waals surface area contributed by atoms with Crippen molar-refractivity contribution in [1.82, 2.24) is 4.98 Å². The van der Waals surface area contributed by atoms with Gasteiger partial charge in [0, 0.05) is 19.4 Å². The Morgan fingerprint density at radius 2 is 1.73 bits per heavy atom. The second kappa shape index (κ2) is 9.54. The van der Waals surface area contributed by atoms with Crippen LogP contribution in [0.1, 0.15) is 27.9 Å². The Labute approximate surface area is 177 Å². The number of hydrogen-bond acceptors (Lipinski definition) is 5. The molecule has 7 heteroatoms. The number of carbonyl (C=O) groups is 1. The predicted octanol–water partition coefficient (Wildman–Crippen LogP) is 4.00. The van der Waals surface area contributed by atoms with Crippen molar-refractivity contribution >= 4 is 21.7 Å². The molecular weight excluding hydrogens is 400 g/mol. The molecule has 0 aliphatic rings. The molecule has 0 unspecified atom stereocenters. The molecule has 0 atom stereocenters. The summed E-state index contributed by atoms with van der Waals surface area (Å²) in [6.45, 7) is 2.20. The lowest BCUT2D eigenvalue weighted by Gasteiger charge is -2.19. The van der Waals surface area contributed by atoms with Gasteiger partial charge in [0.15, 0.2) is 0 Å². The molecule has 0 saturated carbocycles. The first-order valence-corrected chi connectivity index (χ1v) is 11.0. The summed E-state index contributed by atoms with van der Waals surface area (Å²) in [6, 6.07) is 16.9. The molecule has 0 spiro atoms. The third-order valence-electron chi connectivity index (χ3n) is 4.71. The Kier molecular flexibility index (Phi) is 6.84. The fraction of sp³-hybridized carbons (Fsp3) is 0.217. The molecule has 1 aromatic heterocycles. The predicted molar refractivity (Wildman–Crippen MR) is 116 cm³/mol. The van der Waals surface area contributed by atoms with Gasteiger partial charge in [0.1, 0.15) is 0 Å². The maximum absolute atomic E-state index is 12.8. The molecule has 156 valence electrons. The number of hydrogen-bond donors (Lipinski definition) is 0. The van der Waals surface area contributed by atoms with Crippen molar-refractivity contribution in [2.75, 3.05) is 18.0 Å². The van der Waals surface area contributed by atoms with Gasteiger partial charge < -0.3 is 4.74 Å². The highest BCUT2D eigenvalue weighted by atomic mass is 32.2. The monoisotopic (exact) mass is 424 g/mol. The van der Waals surface area contributed by atoms with E-state index in [1.165, 1.54) is 11.4 Å². The van der Waals surface area contributed by atoms with Crippen LogP contribution in [-0.2, 0) is 21.2 Å². The lowest BCUT2D eigenvalue weighted by molar-refractivity contribution is 0.0500. The number of anilines is 1. The van der Waals surface area contributed by atoms with E-state index in [4.69, 9.17) is 4.74 Å². The third kappa shape index (κ3) is 5.24. The number of sulfonamides is 1. The van der Waals surface area contributed by atoms with E-state index in [1.807, 2.05) is 19.1 Å². The Morgan fingerprint density at radius 1 is 1.03 bits per heavy atom. The van der Waals surface area contributed by atoms with Crippen LogP contribution in [0.15, 0.2) is 78.0 Å². The molecular formula is C23H24N2O4S. The van der Waals surface area contributed by atoms with Gasteiger partial charge in [-0.1, -0.05) is 23.8 Å². The molecule has 0 aliphatic carbocycles. The van der Waals surface area contributed by atoms with E-state index in [9.17, 15) is 13.2 Å². The SMILES string of the molecule is Cc1ccc(S(=O)(=O)N(C)c2ccc(C(=O)OCCCc3cccnc3)cc2)cc1. The van der Waals surface area contributed by atoms with E-state index in [0.29, 0.717) is 24.3 Å². The van der Waals surface area contributed by atoms with Crippen LogP contribution in [0.2, 0.25) is 0 Å². The van der Waals surface area contributed by atoms with Gasteiger partial charge in [-0.25, -0.2) is 13.2 Å². The van der Waals surface area contributed by atoms with Crippen LogP contribution in [0, 0.1) is 6.92 Å². The van der Waals surface area contributed by atoms with Crippen molar-refractivity contribution in [2.45, 2.75) is 24.7 Å². The van der Waals surface area contributed by atoms with Gasteiger partial charge >= 0.3 is 5.97 Å². The summed E-state index contributed by atoms with van der Waals surface area (Å²) in [7, 11) is -2.19. The maximum atomic E-state index is 12.8. The third-order valence-corrected chi connectivity index (χ3v) is 6.51. The van der Waals surface area contributed by atoms with Crippen LogP contribution in [0.5, 0.6) is 0 Å². The van der Waals surface area contributed by atoms with Crippen molar-refractivity contribution in [2.24, 2.45) is 0 Å². The molecule has 0 aliphatic heterocycles. The molecule has 2 aromatic carbocycles. The van der Waals surface area contributed by atoms with Gasteiger partial charge in [-0.15, -0.1) is 0 Å². The first-order chi connectivity index (χ1) is 14.4. The van der Waals surface area contributed by atoms with Gasteiger partial charge in [0.25, 0.3) is 10.0 Å². The number of aryl methyl sites for hydroxylation is 2. The van der Waals surface area contributed by atoms with E-state index >= 15 is 0 Å². The standard InChI is InChI=1S/C23H24N2O4S/c1-18-7-13-22(14-8-18)30(27,28)25(2)21-11-9-20(10-12-21)23(26)29-16-4-6-19-5-3-15-24-17-19/h3,5,7-15,17H,4,6,16H2,1-2H3. The van der Waals surface area contributed by atoms with Gasteiger partial charge in [-0.2, -0.15) is 0 Å². The highest BCUT2D eigenvalue weighted by Gasteiger charge is 2.21. The smallest absolute Gasteiger partial charge is 0.338 e. The fourth-order valence-corrected chi connectivity index (χ4v) is 4.08. The van der Waals surface area contributed by atoms with Gasteiger partial charge in [-0.3, -0.25) is 9.29 Å². The van der Waals surface area contributed by atoms with Crippen molar-refractivity contribution < 1.29 is 17.9 Å². The second-order valence-electron chi connectivity index (χ2n) is 6.93. The number of carbonyl (C=O) groups excluding carboxylic acids is 1. The summed E-state index contributed by atoms with van der Waals surface area (Å²) in [4.78, 5) is 16.5. The number of pyridine rings is 1. The summed E-state index contributed by atoms with van der Waals surface area (Å²) in [5, 5.41) is 0. The van der Waals surface area contributed by atoms with Crippen LogP contribution in [0.3, 0.4) is 0 Å². The quantitative estimate of drug-likeness (QED) is 0.403. The molecule has 30 heavy (non-hydrogen) atoms. The molecule has 0 bridgehead atoms. The zero-order valence-electron chi connectivity index (χ0n) is 17.0. The number of aromatic nitrogens is 1. The van der Waals surface area contributed by atoms with Crippen molar-refractivity contribution in [1.29, 1.82) is 0 Å². The van der Waals surface area contributed by atoms with E-state index in [1.54, 1.807) is 60.9 Å². The summed E-state index contributed by atoms with van der Waals surface area (Å²) in [6.07, 6.45) is 4.99. The van der Waals surface area contributed by atoms with Crippen LogP contribution >= 0.6 is 0 Å². The van der Waals surface area contributed by atoms with Gasteiger partial charge in [0.2, 0.25) is 0 Å². The average molecular weight is 425 g/mol. The Morgan fingerprint density at radius 3 is 2.37 bits per heavy atom. The van der Waals surface area contributed by atoms with E-state index in [-0.39, 0.29) is 4.90 Å². The topological polar surface area (TPSA) is 76.6 Å². The zero-order valence-corrected chi connectivity index (χ0v) is 17.8. The Balaban J connectivity index is 1.58. The number of nitrogens with zero attached hydrogens (tertiary/aromatic N) is 2. The molecule has 6 nitrogen and oxygen atoms in total. The summed E-state index contributed by atoms with van der Waals surface area (Å²) in [5.74, 6) is -0.434. The Hall–Kier alpha value is -3.19. The van der Waals surface area contributed by atoms with Gasteiger partial charge in [-0.05, 0) is 67.8 Å². The molecule has 0 radical (unpaired) electrons. The molecule has 1 heterocycles. The number of rotatable bonds is 8. The number of ether oxygens (including phenoxy) is 1. The Bertz CT molecular complexity index is 1080. The largest absolute Gasteiger partial charge is 0.462 e. The first kappa shape index (κ1) is 21.5. The highest BCUT2D eigenvalue weighted by molar-refractivity contribution is 7.92. The molecule has 0 fully saturated rings. The van der Waals surface area contributed by atoms with E-state index in [0.717, 1.165) is 17.5 Å². The highest BCUT2D eigenvalue weighted by Crippen LogP contribution is 2.23. The minimum absolute atomic E-state index is 0.215. The molecule has 3 rings (SSSR count). The minimum Gasteiger partial charge on any atom is -0.462 e. The van der Waals surface area contributed by atoms with E-state index < -0.39 is 16.0 Å². The van der Waals surface area contributed by atoms with Crippen LogP contribution in [0.25, 0.3) is 0 Å². The number of esters is 1. The molecule has 0 amide bonds. The minimum atomic E-state index is -3.67. The van der Waals surface area contributed by atoms with Gasteiger partial charge in [0.05, 0.1) is 22.8 Å². The van der Waals surface area contributed by atoms with Crippen molar-refractivity contribution in [3.63, 3.8) is 0 Å². The van der Waals surface area contributed by atoms with Crippen LogP contribution < -0.4 is 4.31 Å². The summed E-state index contributed by atoms with van der Waals surface area (Å²) >= 11 is 0. The maximum Gasteiger partial charge on any atom is 0.338 e. The van der Waals surface area contributed by atoms with E-state index in [2.05, 4.69) is 4.98 Å². The van der Waals surface area contributed by atoms with Crippen LogP contribution in [0.4, 0.5) is 5.69 Å². The first-order valence-electron chi connectivity index (χ1n) is 9.59. The summed E-state index contributed by atoms with van der Waals surface area (Å²) < 4.78 is 32.1. The van der Waals surface area contributed by atoms with Crippen molar-refractivity contribution in [3.05, 3.63) is 89.7 Å². The normalized spacial score (nSPS) is 11.1. The lowest BCUT2D eigenvalue weighted by atomic mass is 10.2. The lowest BCUT2D eigenvalue weighted by Crippen LogP contribution is -2.26. The zero-order chi connectivity index (χ0) is 21.6. The fourth-order valence-electron chi connectivity index (χ4n) is 2.89. The molecule has 0 saturated heterocycles. The molecule has 0 N–H and O–H groups in total. The average Bonchev–Trinajstić information content (AvgIpc) is 2.77. The second-order valence-corrected chi connectivity index (χ2v) is 8.90. The number of benzene rings is 2. The summed E-state index contributed by atoms with van der Waals surface area (Å²) in [5.41, 5.74) is 2.92. The van der Waals surface area contributed by atoms with Crippen LogP contribution in [-0.4, -0.2) is 33.0 Å². The van der Waals surface area contributed by atoms with Crippen molar-refractivity contribution in [3.8, 4) is 0 Å². The molecule has 3 aromatic rings.